The van der Waals surface area contributed by atoms with Crippen LogP contribution in [0.15, 0.2) is 22.9 Å². The molecule has 0 radical (unpaired) electrons. The first kappa shape index (κ1) is 6.24. The van der Waals surface area contributed by atoms with E-state index >= 15 is 0 Å². The van der Waals surface area contributed by atoms with Crippen molar-refractivity contribution in [2.75, 3.05) is 0 Å². The van der Waals surface area contributed by atoms with Gasteiger partial charge in [-0.3, -0.25) is 0 Å². The van der Waals surface area contributed by atoms with E-state index in [0.717, 1.165) is 0 Å². The zero-order chi connectivity index (χ0) is 6.69. The second-order valence-electron chi connectivity index (χ2n) is 1.44. The maximum Gasteiger partial charge on any atom is 0.372 e. The highest BCUT2D eigenvalue weighted by Gasteiger charge is 2.04. The molecule has 0 atom stereocenters. The molecule has 2 nitrogen and oxygen atoms in total. The van der Waals surface area contributed by atoms with E-state index in [4.69, 9.17) is 6.57 Å². The quantitative estimate of drug-likeness (QED) is 0.566. The predicted octanol–water partition coefficient (Wildman–Crippen LogP) is 2.44. The van der Waals surface area contributed by atoms with Gasteiger partial charge in [-0.15, -0.1) is 0 Å². The zero-order valence-corrected chi connectivity index (χ0v) is 6.17. The highest BCUT2D eigenvalue weighted by atomic mass is 79.9. The van der Waals surface area contributed by atoms with Crippen molar-refractivity contribution >= 4 is 21.6 Å². The number of hydrogen-bond acceptors (Lipinski definition) is 1. The van der Waals surface area contributed by atoms with E-state index in [1.165, 1.54) is 0 Å². The highest BCUT2D eigenvalue weighted by molar-refractivity contribution is 9.10. The fourth-order valence-electron chi connectivity index (χ4n) is 0.474. The topological polar surface area (TPSA) is 17.2 Å². The van der Waals surface area contributed by atoms with Crippen molar-refractivity contribution in [3.8, 4) is 6.57 Å². The lowest BCUT2D eigenvalue weighted by molar-refractivity contribution is 1.29. The molecule has 1 aromatic heterocycles. The van der Waals surface area contributed by atoms with Gasteiger partial charge in [0.1, 0.15) is 0 Å². The van der Waals surface area contributed by atoms with Gasteiger partial charge in [-0.2, -0.15) is 0 Å². The van der Waals surface area contributed by atoms with Gasteiger partial charge in [0, 0.05) is 12.3 Å². The number of halogens is 1. The summed E-state index contributed by atoms with van der Waals surface area (Å²) in [5.41, 5.74) is 0.664. The Labute approximate surface area is 61.5 Å². The van der Waals surface area contributed by atoms with Crippen LogP contribution in [0.3, 0.4) is 0 Å². The average molecular weight is 184 g/mol. The largest absolute Gasteiger partial charge is 0.372 e. The van der Waals surface area contributed by atoms with Gasteiger partial charge in [-0.1, -0.05) is 0 Å². The van der Waals surface area contributed by atoms with Gasteiger partial charge in [0.25, 0.3) is 6.57 Å². The fourth-order valence-corrected chi connectivity index (χ4v) is 0.827. The van der Waals surface area contributed by atoms with Gasteiger partial charge in [0.2, 0.25) is 0 Å². The van der Waals surface area contributed by atoms with Gasteiger partial charge in [0.05, 0.1) is 0 Å². The van der Waals surface area contributed by atoms with Gasteiger partial charge in [-0.25, -0.2) is 4.98 Å². The lowest BCUT2D eigenvalue weighted by Gasteiger charge is -1.80. The summed E-state index contributed by atoms with van der Waals surface area (Å²) >= 11 is 3.17. The molecule has 0 N–H and O–H groups in total. The molecule has 1 aromatic rings. The SMILES string of the molecule is C#[N+]c1cccnc1Br. The molecule has 0 spiro atoms. The van der Waals surface area contributed by atoms with Crippen molar-refractivity contribution in [3.05, 3.63) is 27.8 Å². The first-order valence-electron chi connectivity index (χ1n) is 2.36. The van der Waals surface area contributed by atoms with Crippen LogP contribution < -0.4 is 0 Å². The molecule has 0 unspecified atom stereocenters. The molecule has 1 heterocycles. The molecule has 0 saturated carbocycles. The Balaban J connectivity index is 3.20. The van der Waals surface area contributed by atoms with Crippen LogP contribution in [0.1, 0.15) is 0 Å². The van der Waals surface area contributed by atoms with Crippen LogP contribution in [0, 0.1) is 6.57 Å². The molecule has 44 valence electrons. The minimum Gasteiger partial charge on any atom is -0.242 e. The van der Waals surface area contributed by atoms with Crippen molar-refractivity contribution < 1.29 is 0 Å². The molecule has 0 fully saturated rings. The zero-order valence-electron chi connectivity index (χ0n) is 4.58. The molecular formula is C6H4BrN2+. The van der Waals surface area contributed by atoms with Crippen LogP contribution >= 0.6 is 15.9 Å². The first-order valence-corrected chi connectivity index (χ1v) is 3.15. The fraction of sp³-hybridized carbons (Fsp3) is 0. The lowest BCUT2D eigenvalue weighted by atomic mass is 10.4. The van der Waals surface area contributed by atoms with Crippen LogP contribution in [-0.2, 0) is 0 Å². The molecule has 3 heteroatoms. The number of rotatable bonds is 0. The molecule has 0 aliphatic heterocycles. The predicted molar refractivity (Wildman–Crippen MR) is 39.9 cm³/mol. The molecule has 1 rings (SSSR count). The molecule has 0 saturated heterocycles. The molecule has 0 aliphatic carbocycles. The van der Waals surface area contributed by atoms with E-state index in [2.05, 4.69) is 25.8 Å². The van der Waals surface area contributed by atoms with E-state index in [-0.39, 0.29) is 0 Å². The normalized spacial score (nSPS) is 8.44. The Hall–Kier alpha value is -0.880. The standard InChI is InChI=1S/C6H4BrN2/c1-8-5-3-2-4-9-6(5)7/h1-4H/q+1. The maximum atomic E-state index is 5.01. The van der Waals surface area contributed by atoms with Gasteiger partial charge in [-0.05, 0) is 26.8 Å². The van der Waals surface area contributed by atoms with Crippen LogP contribution in [0.2, 0.25) is 0 Å². The Bertz CT molecular complexity index is 251. The van der Waals surface area contributed by atoms with Crippen LogP contribution in [0.4, 0.5) is 5.69 Å². The minimum absolute atomic E-state index is 0.664. The number of aromatic nitrogens is 1. The Kier molecular flexibility index (Phi) is 1.81. The van der Waals surface area contributed by atoms with E-state index in [1.54, 1.807) is 18.3 Å². The van der Waals surface area contributed by atoms with Gasteiger partial charge in [0.15, 0.2) is 4.60 Å². The third-order valence-electron chi connectivity index (χ3n) is 0.878. The third kappa shape index (κ3) is 1.27. The number of nitrogens with zero attached hydrogens (tertiary/aromatic N) is 2. The monoisotopic (exact) mass is 183 g/mol. The molecule has 0 aromatic carbocycles. The van der Waals surface area contributed by atoms with E-state index in [9.17, 15) is 0 Å². The van der Waals surface area contributed by atoms with Crippen LogP contribution in [-0.4, -0.2) is 4.98 Å². The molecule has 0 aliphatic rings. The maximum absolute atomic E-state index is 5.01. The van der Waals surface area contributed by atoms with Crippen molar-refractivity contribution in [2.45, 2.75) is 0 Å². The molecule has 0 amide bonds. The summed E-state index contributed by atoms with van der Waals surface area (Å²) in [6.45, 7) is 5.01. The third-order valence-corrected chi connectivity index (χ3v) is 1.49. The summed E-state index contributed by atoms with van der Waals surface area (Å²) < 4.78 is 0.674. The van der Waals surface area contributed by atoms with Crippen molar-refractivity contribution in [1.29, 1.82) is 0 Å². The van der Waals surface area contributed by atoms with Crippen molar-refractivity contribution in [2.24, 2.45) is 0 Å². The Morgan fingerprint density at radius 2 is 2.44 bits per heavy atom. The molecular weight excluding hydrogens is 180 g/mol. The Morgan fingerprint density at radius 1 is 1.67 bits per heavy atom. The molecule has 9 heavy (non-hydrogen) atoms. The molecule has 0 bridgehead atoms. The van der Waals surface area contributed by atoms with E-state index in [0.29, 0.717) is 10.3 Å². The highest BCUT2D eigenvalue weighted by Crippen LogP contribution is 2.20. The minimum atomic E-state index is 0.664. The van der Waals surface area contributed by atoms with Crippen LogP contribution in [0.25, 0.3) is 4.85 Å². The van der Waals surface area contributed by atoms with Crippen LogP contribution in [0.5, 0.6) is 0 Å². The number of hydrogen-bond donors (Lipinski definition) is 0. The Morgan fingerprint density at radius 3 is 2.89 bits per heavy atom. The smallest absolute Gasteiger partial charge is 0.242 e. The second-order valence-corrected chi connectivity index (χ2v) is 2.19. The summed E-state index contributed by atoms with van der Waals surface area (Å²) in [5, 5.41) is 0. The van der Waals surface area contributed by atoms with Crippen molar-refractivity contribution in [1.82, 2.24) is 4.98 Å². The van der Waals surface area contributed by atoms with E-state index < -0.39 is 0 Å². The average Bonchev–Trinajstić information content (AvgIpc) is 1.89. The first-order chi connectivity index (χ1) is 4.34. The summed E-state index contributed by atoms with van der Waals surface area (Å²) in [7, 11) is 0. The summed E-state index contributed by atoms with van der Waals surface area (Å²) in [4.78, 5) is 7.35. The summed E-state index contributed by atoms with van der Waals surface area (Å²) in [6, 6.07) is 3.55. The van der Waals surface area contributed by atoms with Gasteiger partial charge < -0.3 is 0 Å². The lowest BCUT2D eigenvalue weighted by Crippen LogP contribution is -1.70. The second kappa shape index (κ2) is 2.60. The summed E-state index contributed by atoms with van der Waals surface area (Å²) in [6.07, 6.45) is 1.67. The van der Waals surface area contributed by atoms with Crippen molar-refractivity contribution in [3.63, 3.8) is 0 Å². The van der Waals surface area contributed by atoms with Gasteiger partial charge >= 0.3 is 5.69 Å². The van der Waals surface area contributed by atoms with E-state index in [1.807, 2.05) is 0 Å². The number of pyridine rings is 1. The summed E-state index contributed by atoms with van der Waals surface area (Å²) in [5.74, 6) is 0.